The van der Waals surface area contributed by atoms with E-state index in [4.69, 9.17) is 14.2 Å². The lowest BCUT2D eigenvalue weighted by Gasteiger charge is -2.27. The lowest BCUT2D eigenvalue weighted by Crippen LogP contribution is -2.43. The second-order valence-corrected chi connectivity index (χ2v) is 7.57. The van der Waals surface area contributed by atoms with Crippen LogP contribution in [0.5, 0.6) is 17.2 Å². The molecule has 0 amide bonds. The van der Waals surface area contributed by atoms with Gasteiger partial charge in [-0.1, -0.05) is 43.7 Å². The highest BCUT2D eigenvalue weighted by molar-refractivity contribution is 14.0. The fourth-order valence-corrected chi connectivity index (χ4v) is 3.12. The van der Waals surface area contributed by atoms with Crippen LogP contribution in [0.4, 0.5) is 0 Å². The predicted octanol–water partition coefficient (Wildman–Crippen LogP) is 4.28. The molecule has 0 fully saturated rings. The first kappa shape index (κ1) is 25.9. The molecule has 0 aliphatic carbocycles. The van der Waals surface area contributed by atoms with Crippen LogP contribution in [0.1, 0.15) is 30.5 Å². The Kier molecular flexibility index (Phi) is 10.2. The highest BCUT2D eigenvalue weighted by atomic mass is 127. The van der Waals surface area contributed by atoms with Crippen LogP contribution in [0.2, 0.25) is 0 Å². The van der Waals surface area contributed by atoms with Crippen molar-refractivity contribution >= 4 is 29.9 Å². The van der Waals surface area contributed by atoms with Crippen molar-refractivity contribution in [1.29, 1.82) is 0 Å². The Morgan fingerprint density at radius 1 is 0.967 bits per heavy atom. The van der Waals surface area contributed by atoms with Crippen molar-refractivity contribution < 1.29 is 14.2 Å². The van der Waals surface area contributed by atoms with Gasteiger partial charge in [-0.05, 0) is 30.2 Å². The van der Waals surface area contributed by atoms with Crippen LogP contribution >= 0.6 is 24.0 Å². The second-order valence-electron chi connectivity index (χ2n) is 7.57. The molecule has 6 nitrogen and oxygen atoms in total. The molecule has 7 heteroatoms. The molecule has 0 saturated heterocycles. The van der Waals surface area contributed by atoms with Gasteiger partial charge in [-0.25, -0.2) is 0 Å². The van der Waals surface area contributed by atoms with Gasteiger partial charge in [0.25, 0.3) is 0 Å². The van der Waals surface area contributed by atoms with Gasteiger partial charge >= 0.3 is 0 Å². The minimum atomic E-state index is -0.0316. The number of nitrogens with zero attached hydrogens (tertiary/aromatic N) is 1. The molecular formula is C23H34IN3O3. The Morgan fingerprint density at radius 3 is 2.10 bits per heavy atom. The van der Waals surface area contributed by atoms with Crippen LogP contribution in [-0.4, -0.2) is 40.9 Å². The summed E-state index contributed by atoms with van der Waals surface area (Å²) in [4.78, 5) is 4.34. The van der Waals surface area contributed by atoms with E-state index in [0.29, 0.717) is 23.8 Å². The van der Waals surface area contributed by atoms with Crippen molar-refractivity contribution in [3.05, 3.63) is 53.1 Å². The zero-order valence-electron chi connectivity index (χ0n) is 19.0. The first-order chi connectivity index (χ1) is 13.8. The molecule has 0 aliphatic heterocycles. The number of hydrogen-bond donors (Lipinski definition) is 2. The molecule has 0 atom stereocenters. The molecule has 0 unspecified atom stereocenters. The fraction of sp³-hybridized carbons (Fsp3) is 0.435. The van der Waals surface area contributed by atoms with Crippen LogP contribution in [0.25, 0.3) is 0 Å². The van der Waals surface area contributed by atoms with E-state index in [0.717, 1.165) is 18.1 Å². The van der Waals surface area contributed by atoms with Gasteiger partial charge in [0, 0.05) is 25.6 Å². The number of benzene rings is 2. The number of methoxy groups -OCH3 is 3. The van der Waals surface area contributed by atoms with Gasteiger partial charge in [0.15, 0.2) is 17.5 Å². The van der Waals surface area contributed by atoms with Crippen molar-refractivity contribution in [2.45, 2.75) is 32.7 Å². The van der Waals surface area contributed by atoms with Gasteiger partial charge in [0.2, 0.25) is 5.75 Å². The van der Waals surface area contributed by atoms with E-state index in [2.05, 4.69) is 60.7 Å². The number of guanidine groups is 1. The molecule has 2 rings (SSSR count). The number of halogens is 1. The van der Waals surface area contributed by atoms with Crippen LogP contribution < -0.4 is 24.8 Å². The SMILES string of the molecule is CN=C(NCc1cc(OC)c(OC)c(OC)c1)NCC(C)(C)c1cccc(C)c1.I. The van der Waals surface area contributed by atoms with E-state index in [-0.39, 0.29) is 29.4 Å². The van der Waals surface area contributed by atoms with E-state index >= 15 is 0 Å². The number of nitrogens with one attached hydrogen (secondary N) is 2. The summed E-state index contributed by atoms with van der Waals surface area (Å²) in [5.41, 5.74) is 3.53. The highest BCUT2D eigenvalue weighted by Gasteiger charge is 2.21. The smallest absolute Gasteiger partial charge is 0.203 e. The maximum Gasteiger partial charge on any atom is 0.203 e. The van der Waals surface area contributed by atoms with Crippen LogP contribution in [0.3, 0.4) is 0 Å². The van der Waals surface area contributed by atoms with Gasteiger partial charge in [-0.3, -0.25) is 4.99 Å². The topological polar surface area (TPSA) is 64.1 Å². The number of hydrogen-bond acceptors (Lipinski definition) is 4. The summed E-state index contributed by atoms with van der Waals surface area (Å²) >= 11 is 0. The Balaban J connectivity index is 0.00000450. The van der Waals surface area contributed by atoms with Gasteiger partial charge < -0.3 is 24.8 Å². The zero-order valence-corrected chi connectivity index (χ0v) is 21.3. The largest absolute Gasteiger partial charge is 0.493 e. The molecule has 0 heterocycles. The average molecular weight is 527 g/mol. The standard InChI is InChI=1S/C23H33N3O3.HI/c1-16-9-8-10-18(11-16)23(2,3)15-26-22(24-4)25-14-17-12-19(27-5)21(29-7)20(13-17)28-6;/h8-13H,14-15H2,1-7H3,(H2,24,25,26);1H. The van der Waals surface area contributed by atoms with E-state index in [9.17, 15) is 0 Å². The molecule has 30 heavy (non-hydrogen) atoms. The minimum absolute atomic E-state index is 0. The van der Waals surface area contributed by atoms with Crippen molar-refractivity contribution in [2.75, 3.05) is 34.9 Å². The van der Waals surface area contributed by atoms with Crippen LogP contribution in [0.15, 0.2) is 41.4 Å². The quantitative estimate of drug-likeness (QED) is 0.305. The van der Waals surface area contributed by atoms with Crippen molar-refractivity contribution in [3.8, 4) is 17.2 Å². The van der Waals surface area contributed by atoms with Crippen LogP contribution in [0, 0.1) is 6.92 Å². The predicted molar refractivity (Wildman–Crippen MR) is 134 cm³/mol. The molecule has 0 aromatic heterocycles. The number of rotatable bonds is 8. The van der Waals surface area contributed by atoms with E-state index in [1.807, 2.05) is 12.1 Å². The first-order valence-corrected chi connectivity index (χ1v) is 9.65. The second kappa shape index (κ2) is 11.9. The van der Waals surface area contributed by atoms with Gasteiger partial charge in [0.05, 0.1) is 21.3 Å². The molecular weight excluding hydrogens is 493 g/mol. The molecule has 2 aromatic carbocycles. The zero-order chi connectivity index (χ0) is 21.4. The summed E-state index contributed by atoms with van der Waals surface area (Å²) in [6.45, 7) is 7.89. The molecule has 2 N–H and O–H groups in total. The van der Waals surface area contributed by atoms with E-state index in [1.165, 1.54) is 11.1 Å². The molecule has 0 bridgehead atoms. The van der Waals surface area contributed by atoms with Crippen molar-refractivity contribution in [2.24, 2.45) is 4.99 Å². The lowest BCUT2D eigenvalue weighted by atomic mass is 9.84. The Labute approximate surface area is 197 Å². The van der Waals surface area contributed by atoms with Gasteiger partial charge in [-0.2, -0.15) is 0 Å². The van der Waals surface area contributed by atoms with Gasteiger partial charge in [0.1, 0.15) is 0 Å². The fourth-order valence-electron chi connectivity index (χ4n) is 3.12. The molecule has 0 radical (unpaired) electrons. The first-order valence-electron chi connectivity index (χ1n) is 9.65. The lowest BCUT2D eigenvalue weighted by molar-refractivity contribution is 0.323. The summed E-state index contributed by atoms with van der Waals surface area (Å²) in [5.74, 6) is 2.58. The third kappa shape index (κ3) is 6.68. The Morgan fingerprint density at radius 2 is 1.60 bits per heavy atom. The third-order valence-corrected chi connectivity index (χ3v) is 4.91. The summed E-state index contributed by atoms with van der Waals surface area (Å²) in [5, 5.41) is 6.78. The van der Waals surface area contributed by atoms with Crippen molar-refractivity contribution in [3.63, 3.8) is 0 Å². The Bertz CT molecular complexity index is 828. The summed E-state index contributed by atoms with van der Waals surface area (Å²) < 4.78 is 16.2. The van der Waals surface area contributed by atoms with Gasteiger partial charge in [-0.15, -0.1) is 24.0 Å². The van der Waals surface area contributed by atoms with E-state index < -0.39 is 0 Å². The van der Waals surface area contributed by atoms with E-state index in [1.54, 1.807) is 28.4 Å². The average Bonchev–Trinajstić information content (AvgIpc) is 2.72. The molecule has 2 aromatic rings. The summed E-state index contributed by atoms with van der Waals surface area (Å²) in [6.07, 6.45) is 0. The molecule has 0 spiro atoms. The maximum atomic E-state index is 5.42. The summed E-state index contributed by atoms with van der Waals surface area (Å²) in [7, 11) is 6.59. The normalized spacial score (nSPS) is 11.4. The number of aliphatic imine (C=N–C) groups is 1. The third-order valence-electron chi connectivity index (χ3n) is 4.91. The minimum Gasteiger partial charge on any atom is -0.493 e. The monoisotopic (exact) mass is 527 g/mol. The van der Waals surface area contributed by atoms with Crippen molar-refractivity contribution in [1.82, 2.24) is 10.6 Å². The molecule has 0 aliphatic rings. The number of ether oxygens (including phenoxy) is 3. The maximum absolute atomic E-state index is 5.42. The summed E-state index contributed by atoms with van der Waals surface area (Å²) in [6, 6.07) is 12.5. The highest BCUT2D eigenvalue weighted by Crippen LogP contribution is 2.38. The number of aryl methyl sites for hydroxylation is 1. The molecule has 166 valence electrons. The van der Waals surface area contributed by atoms with Crippen LogP contribution in [-0.2, 0) is 12.0 Å². The Hall–Kier alpha value is -2.16. The molecule has 0 saturated carbocycles.